The summed E-state index contributed by atoms with van der Waals surface area (Å²) in [5.74, 6) is 1.44. The predicted octanol–water partition coefficient (Wildman–Crippen LogP) is 2.47. The summed E-state index contributed by atoms with van der Waals surface area (Å²) >= 11 is 5.60. The molecule has 0 unspecified atom stereocenters. The molecular formula is C20H20ClN7O4S. The van der Waals surface area contributed by atoms with Crippen molar-refractivity contribution in [1.82, 2.24) is 19.9 Å². The lowest BCUT2D eigenvalue weighted by Crippen LogP contribution is -2.13. The van der Waals surface area contributed by atoms with Gasteiger partial charge < -0.3 is 14.4 Å². The number of hydrogen-bond acceptors (Lipinski definition) is 10. The van der Waals surface area contributed by atoms with Crippen LogP contribution in [0.2, 0.25) is 0 Å². The first-order chi connectivity index (χ1) is 15.8. The Hall–Kier alpha value is -3.69. The molecule has 0 spiro atoms. The third kappa shape index (κ3) is 6.90. The highest BCUT2D eigenvalue weighted by Gasteiger charge is 2.13. The molecular weight excluding hydrogens is 470 g/mol. The van der Waals surface area contributed by atoms with E-state index < -0.39 is 10.0 Å². The minimum Gasteiger partial charge on any atom is -0.487 e. The number of anilines is 3. The van der Waals surface area contributed by atoms with Gasteiger partial charge in [-0.3, -0.25) is 4.72 Å². The molecule has 11 nitrogen and oxygen atoms in total. The molecule has 2 aromatic heterocycles. The van der Waals surface area contributed by atoms with Gasteiger partial charge in [0.1, 0.15) is 25.0 Å². The maximum Gasteiger partial charge on any atom is 0.251 e. The van der Waals surface area contributed by atoms with E-state index in [-0.39, 0.29) is 36.6 Å². The summed E-state index contributed by atoms with van der Waals surface area (Å²) in [4.78, 5) is 18.2. The lowest BCUT2D eigenvalue weighted by atomic mass is 10.3. The molecule has 1 N–H and O–H groups in total. The van der Waals surface area contributed by atoms with E-state index in [4.69, 9.17) is 21.1 Å². The van der Waals surface area contributed by atoms with Crippen LogP contribution in [-0.2, 0) is 16.6 Å². The maximum atomic E-state index is 11.3. The molecule has 0 aliphatic carbocycles. The number of benzene rings is 1. The summed E-state index contributed by atoms with van der Waals surface area (Å²) in [6.45, 7) is 0.350. The van der Waals surface area contributed by atoms with Crippen molar-refractivity contribution in [2.45, 2.75) is 6.61 Å². The van der Waals surface area contributed by atoms with Crippen LogP contribution in [0.25, 0.3) is 0 Å². The van der Waals surface area contributed by atoms with E-state index in [9.17, 15) is 13.7 Å². The highest BCUT2D eigenvalue weighted by molar-refractivity contribution is 7.91. The summed E-state index contributed by atoms with van der Waals surface area (Å²) in [5.41, 5.74) is 1.36. The standard InChI is InChI=1S/C20H20ClN7O4S/c1-28(18-12-24-19(31-10-8-21)17(11-22)26-18)15-3-5-16(6-4-15)32-13-14-7-9-23-20(25-14)27-33(2,29)30/h3-7,9,12H,8,10,13H2,1-2H3,(H,23,25,27). The van der Waals surface area contributed by atoms with Crippen LogP contribution in [0.15, 0.2) is 42.7 Å². The third-order valence-corrected chi connectivity index (χ3v) is 4.80. The Balaban J connectivity index is 1.66. The number of sulfonamides is 1. The Morgan fingerprint density at radius 1 is 1.15 bits per heavy atom. The summed E-state index contributed by atoms with van der Waals surface area (Å²) in [6, 6.07) is 10.8. The largest absolute Gasteiger partial charge is 0.487 e. The summed E-state index contributed by atoms with van der Waals surface area (Å²) in [6.07, 6.45) is 3.97. The number of ether oxygens (including phenoxy) is 2. The molecule has 0 bridgehead atoms. The quantitative estimate of drug-likeness (QED) is 0.421. The Kier molecular flexibility index (Phi) is 7.81. The lowest BCUT2D eigenvalue weighted by molar-refractivity contribution is 0.301. The van der Waals surface area contributed by atoms with Gasteiger partial charge in [-0.05, 0) is 30.3 Å². The van der Waals surface area contributed by atoms with Crippen molar-refractivity contribution in [2.75, 3.05) is 35.4 Å². The van der Waals surface area contributed by atoms with Gasteiger partial charge >= 0.3 is 0 Å². The van der Waals surface area contributed by atoms with Crippen molar-refractivity contribution in [3.63, 3.8) is 0 Å². The van der Waals surface area contributed by atoms with Gasteiger partial charge in [0.25, 0.3) is 5.88 Å². The smallest absolute Gasteiger partial charge is 0.251 e. The minimum absolute atomic E-state index is 0.0208. The first kappa shape index (κ1) is 24.0. The van der Waals surface area contributed by atoms with E-state index in [1.807, 2.05) is 18.2 Å². The predicted molar refractivity (Wildman–Crippen MR) is 122 cm³/mol. The van der Waals surface area contributed by atoms with Crippen molar-refractivity contribution < 1.29 is 17.9 Å². The van der Waals surface area contributed by atoms with Crippen LogP contribution in [0.1, 0.15) is 11.4 Å². The molecule has 0 saturated carbocycles. The topological polar surface area (TPSA) is 143 Å². The number of nitrogens with zero attached hydrogens (tertiary/aromatic N) is 6. The van der Waals surface area contributed by atoms with E-state index in [2.05, 4.69) is 24.7 Å². The number of alkyl halides is 1. The monoisotopic (exact) mass is 489 g/mol. The molecule has 0 fully saturated rings. The highest BCUT2D eigenvalue weighted by Crippen LogP contribution is 2.26. The zero-order chi connectivity index (χ0) is 23.8. The second kappa shape index (κ2) is 10.8. The molecule has 1 aromatic carbocycles. The van der Waals surface area contributed by atoms with Gasteiger partial charge in [0.05, 0.1) is 24.0 Å². The zero-order valence-corrected chi connectivity index (χ0v) is 19.3. The van der Waals surface area contributed by atoms with Crippen molar-refractivity contribution in [1.29, 1.82) is 5.26 Å². The van der Waals surface area contributed by atoms with Gasteiger partial charge in [0.2, 0.25) is 21.7 Å². The number of halogens is 1. The molecule has 13 heteroatoms. The Morgan fingerprint density at radius 3 is 2.58 bits per heavy atom. The van der Waals surface area contributed by atoms with Crippen molar-refractivity contribution in [2.24, 2.45) is 0 Å². The van der Waals surface area contributed by atoms with Gasteiger partial charge in [-0.1, -0.05) is 0 Å². The van der Waals surface area contributed by atoms with Crippen LogP contribution in [0.5, 0.6) is 11.6 Å². The molecule has 0 atom stereocenters. The minimum atomic E-state index is -3.47. The van der Waals surface area contributed by atoms with Crippen LogP contribution < -0.4 is 19.1 Å². The van der Waals surface area contributed by atoms with Crippen LogP contribution in [-0.4, -0.2) is 54.1 Å². The van der Waals surface area contributed by atoms with Crippen LogP contribution in [0.3, 0.4) is 0 Å². The first-order valence-electron chi connectivity index (χ1n) is 9.51. The van der Waals surface area contributed by atoms with Crippen molar-refractivity contribution in [3.05, 3.63) is 54.1 Å². The summed E-state index contributed by atoms with van der Waals surface area (Å²) < 4.78 is 35.9. The number of nitrogens with one attached hydrogen (secondary N) is 1. The van der Waals surface area contributed by atoms with Gasteiger partial charge in [-0.15, -0.1) is 11.6 Å². The van der Waals surface area contributed by atoms with E-state index in [0.29, 0.717) is 17.3 Å². The molecule has 0 aliphatic rings. The fourth-order valence-corrected chi connectivity index (χ4v) is 3.10. The van der Waals surface area contributed by atoms with E-state index >= 15 is 0 Å². The molecule has 0 aliphatic heterocycles. The fourth-order valence-electron chi connectivity index (χ4n) is 2.59. The molecule has 3 aromatic rings. The van der Waals surface area contributed by atoms with Gasteiger partial charge in [0.15, 0.2) is 5.82 Å². The molecule has 0 radical (unpaired) electrons. The van der Waals surface area contributed by atoms with E-state index in [1.165, 1.54) is 12.4 Å². The lowest BCUT2D eigenvalue weighted by Gasteiger charge is -2.19. The normalized spacial score (nSPS) is 10.8. The van der Waals surface area contributed by atoms with Crippen molar-refractivity contribution in [3.8, 4) is 17.7 Å². The Morgan fingerprint density at radius 2 is 1.91 bits per heavy atom. The molecule has 2 heterocycles. The molecule has 3 rings (SSSR count). The number of rotatable bonds is 10. The van der Waals surface area contributed by atoms with Gasteiger partial charge in [0, 0.05) is 18.9 Å². The zero-order valence-electron chi connectivity index (χ0n) is 17.8. The van der Waals surface area contributed by atoms with Gasteiger partial charge in [-0.2, -0.15) is 5.26 Å². The average Bonchev–Trinajstić information content (AvgIpc) is 2.80. The average molecular weight is 490 g/mol. The molecule has 0 saturated heterocycles. The second-order valence-corrected chi connectivity index (χ2v) is 8.75. The third-order valence-electron chi connectivity index (χ3n) is 4.09. The van der Waals surface area contributed by atoms with Gasteiger partial charge in [-0.25, -0.2) is 28.4 Å². The van der Waals surface area contributed by atoms with Crippen LogP contribution in [0, 0.1) is 11.3 Å². The molecule has 33 heavy (non-hydrogen) atoms. The van der Waals surface area contributed by atoms with E-state index in [0.717, 1.165) is 11.9 Å². The highest BCUT2D eigenvalue weighted by atomic mass is 35.5. The fraction of sp³-hybridized carbons (Fsp3) is 0.250. The SMILES string of the molecule is CN(c1ccc(OCc2ccnc(NS(C)(=O)=O)n2)cc1)c1cnc(OCCCl)c(C#N)n1. The van der Waals surface area contributed by atoms with Crippen molar-refractivity contribution >= 4 is 39.1 Å². The first-order valence-corrected chi connectivity index (χ1v) is 11.9. The number of aromatic nitrogens is 4. The maximum absolute atomic E-state index is 11.3. The summed E-state index contributed by atoms with van der Waals surface area (Å²) in [5, 5.41) is 9.31. The number of nitriles is 1. The number of hydrogen-bond donors (Lipinski definition) is 1. The second-order valence-electron chi connectivity index (χ2n) is 6.62. The van der Waals surface area contributed by atoms with E-state index in [1.54, 1.807) is 30.1 Å². The molecule has 0 amide bonds. The molecule has 172 valence electrons. The summed E-state index contributed by atoms with van der Waals surface area (Å²) in [7, 11) is -1.68. The van der Waals surface area contributed by atoms with Crippen LogP contribution in [0.4, 0.5) is 17.5 Å². The van der Waals surface area contributed by atoms with Crippen LogP contribution >= 0.6 is 11.6 Å². The Bertz CT molecular complexity index is 1250. The Labute approximate surface area is 196 Å².